The van der Waals surface area contributed by atoms with E-state index in [2.05, 4.69) is 15.3 Å². The molecule has 10 heteroatoms. The van der Waals surface area contributed by atoms with Crippen molar-refractivity contribution in [2.45, 2.75) is 35.7 Å². The standard InChI is InChI=1S/C21H23ClN4O3S2/c1-13-8-9-17(31(23,28)29)19(20(13)22)16-10-18(24-14(2)11-27)26-21(25-16)30-12-15-6-4-3-5-7-15/h3-10,14,27H,11-12H2,1-2H3,(H2,23,28,29)(H,24,25,26)/t14-/m1/s1. The lowest BCUT2D eigenvalue weighted by molar-refractivity contribution is 0.281. The molecule has 1 aromatic heterocycles. The minimum atomic E-state index is -4.04. The number of nitrogens with one attached hydrogen (secondary N) is 1. The van der Waals surface area contributed by atoms with E-state index in [1.54, 1.807) is 26.0 Å². The fraction of sp³-hybridized carbons (Fsp3) is 0.238. The Hall–Kier alpha value is -2.17. The molecule has 164 valence electrons. The normalized spacial score (nSPS) is 12.5. The van der Waals surface area contributed by atoms with Gasteiger partial charge in [0.1, 0.15) is 5.82 Å². The molecule has 0 amide bonds. The maximum atomic E-state index is 12.2. The molecule has 0 aliphatic rings. The Morgan fingerprint density at radius 2 is 1.90 bits per heavy atom. The van der Waals surface area contributed by atoms with Gasteiger partial charge in [-0.15, -0.1) is 0 Å². The van der Waals surface area contributed by atoms with Crippen LogP contribution in [0.1, 0.15) is 18.1 Å². The number of primary sulfonamides is 1. The molecule has 7 nitrogen and oxygen atoms in total. The van der Waals surface area contributed by atoms with Crippen molar-refractivity contribution in [3.05, 3.63) is 64.7 Å². The van der Waals surface area contributed by atoms with Gasteiger partial charge in [-0.3, -0.25) is 0 Å². The van der Waals surface area contributed by atoms with E-state index in [1.165, 1.54) is 17.8 Å². The third-order valence-corrected chi connectivity index (χ3v) is 6.80. The highest BCUT2D eigenvalue weighted by Crippen LogP contribution is 2.36. The highest BCUT2D eigenvalue weighted by atomic mass is 35.5. The molecule has 0 unspecified atom stereocenters. The summed E-state index contributed by atoms with van der Waals surface area (Å²) in [4.78, 5) is 8.98. The van der Waals surface area contributed by atoms with Crippen LogP contribution >= 0.6 is 23.4 Å². The number of nitrogens with two attached hydrogens (primary N) is 1. The molecule has 31 heavy (non-hydrogen) atoms. The minimum Gasteiger partial charge on any atom is -0.394 e. The summed E-state index contributed by atoms with van der Waals surface area (Å²) >= 11 is 7.91. The Morgan fingerprint density at radius 3 is 2.55 bits per heavy atom. The molecule has 0 saturated carbocycles. The summed E-state index contributed by atoms with van der Waals surface area (Å²) in [6, 6.07) is 14.2. The van der Waals surface area contributed by atoms with Gasteiger partial charge in [-0.1, -0.05) is 59.8 Å². The predicted octanol–water partition coefficient (Wildman–Crippen LogP) is 3.84. The first-order valence-electron chi connectivity index (χ1n) is 9.44. The zero-order valence-electron chi connectivity index (χ0n) is 17.0. The summed E-state index contributed by atoms with van der Waals surface area (Å²) in [6.45, 7) is 3.48. The molecule has 0 bridgehead atoms. The quantitative estimate of drug-likeness (QED) is 0.332. The number of thioether (sulfide) groups is 1. The number of anilines is 1. The molecule has 0 aliphatic heterocycles. The third kappa shape index (κ3) is 5.96. The summed E-state index contributed by atoms with van der Waals surface area (Å²) in [5.41, 5.74) is 2.35. The average Bonchev–Trinajstić information content (AvgIpc) is 2.73. The van der Waals surface area contributed by atoms with Gasteiger partial charge in [-0.2, -0.15) is 0 Å². The molecule has 1 heterocycles. The third-order valence-electron chi connectivity index (χ3n) is 4.44. The van der Waals surface area contributed by atoms with E-state index in [1.807, 2.05) is 30.3 Å². The molecule has 3 aromatic rings. The molecule has 0 radical (unpaired) electrons. The van der Waals surface area contributed by atoms with Gasteiger partial charge >= 0.3 is 0 Å². The van der Waals surface area contributed by atoms with E-state index >= 15 is 0 Å². The molecule has 0 spiro atoms. The van der Waals surface area contributed by atoms with Gasteiger partial charge in [0.05, 0.1) is 22.2 Å². The molecule has 4 N–H and O–H groups in total. The maximum Gasteiger partial charge on any atom is 0.238 e. The highest BCUT2D eigenvalue weighted by Gasteiger charge is 2.22. The molecule has 0 saturated heterocycles. The van der Waals surface area contributed by atoms with E-state index in [0.717, 1.165) is 5.56 Å². The summed E-state index contributed by atoms with van der Waals surface area (Å²) in [7, 11) is -4.04. The second kappa shape index (κ2) is 9.97. The number of aliphatic hydroxyl groups excluding tert-OH is 1. The zero-order chi connectivity index (χ0) is 22.6. The van der Waals surface area contributed by atoms with Crippen molar-refractivity contribution in [3.8, 4) is 11.3 Å². The smallest absolute Gasteiger partial charge is 0.238 e. The van der Waals surface area contributed by atoms with Crippen LogP contribution in [0.2, 0.25) is 5.02 Å². The first-order valence-corrected chi connectivity index (χ1v) is 12.4. The van der Waals surface area contributed by atoms with Crippen LogP contribution in [0, 0.1) is 6.92 Å². The number of hydrogen-bond donors (Lipinski definition) is 3. The van der Waals surface area contributed by atoms with Crippen LogP contribution in [-0.2, 0) is 15.8 Å². The monoisotopic (exact) mass is 478 g/mol. The number of benzene rings is 2. The van der Waals surface area contributed by atoms with Crippen molar-refractivity contribution >= 4 is 39.2 Å². The van der Waals surface area contributed by atoms with Crippen LogP contribution in [0.3, 0.4) is 0 Å². The van der Waals surface area contributed by atoms with Crippen molar-refractivity contribution < 1.29 is 13.5 Å². The number of nitrogens with zero attached hydrogens (tertiary/aromatic N) is 2. The number of hydrogen-bond acceptors (Lipinski definition) is 7. The second-order valence-corrected chi connectivity index (χ2v) is 9.89. The molecule has 3 rings (SSSR count). The summed E-state index contributed by atoms with van der Waals surface area (Å²) < 4.78 is 24.4. The lowest BCUT2D eigenvalue weighted by Gasteiger charge is -2.16. The van der Waals surface area contributed by atoms with Gasteiger partial charge < -0.3 is 10.4 Å². The molecular formula is C21H23ClN4O3S2. The number of aryl methyl sites for hydroxylation is 1. The van der Waals surface area contributed by atoms with E-state index in [0.29, 0.717) is 28.0 Å². The molecular weight excluding hydrogens is 456 g/mol. The Balaban J connectivity index is 2.11. The van der Waals surface area contributed by atoms with E-state index in [4.69, 9.17) is 16.7 Å². The molecule has 1 atom stereocenters. The van der Waals surface area contributed by atoms with E-state index in [9.17, 15) is 13.5 Å². The van der Waals surface area contributed by atoms with Crippen LogP contribution < -0.4 is 10.5 Å². The highest BCUT2D eigenvalue weighted by molar-refractivity contribution is 7.98. The van der Waals surface area contributed by atoms with Crippen LogP contribution in [0.4, 0.5) is 5.82 Å². The zero-order valence-corrected chi connectivity index (χ0v) is 19.4. The van der Waals surface area contributed by atoms with Gasteiger partial charge in [-0.05, 0) is 31.0 Å². The van der Waals surface area contributed by atoms with Crippen molar-refractivity contribution in [2.75, 3.05) is 11.9 Å². The Labute approximate surface area is 191 Å². The van der Waals surface area contributed by atoms with E-state index < -0.39 is 10.0 Å². The largest absolute Gasteiger partial charge is 0.394 e. The fourth-order valence-electron chi connectivity index (χ4n) is 2.85. The number of sulfonamides is 1. The van der Waals surface area contributed by atoms with Crippen molar-refractivity contribution in [3.63, 3.8) is 0 Å². The van der Waals surface area contributed by atoms with Crippen LogP contribution in [0.15, 0.2) is 58.6 Å². The molecule has 0 fully saturated rings. The number of rotatable bonds is 8. The average molecular weight is 479 g/mol. The number of aliphatic hydroxyl groups is 1. The van der Waals surface area contributed by atoms with Crippen molar-refractivity contribution in [1.29, 1.82) is 0 Å². The van der Waals surface area contributed by atoms with Crippen LogP contribution in [0.5, 0.6) is 0 Å². The lowest BCUT2D eigenvalue weighted by atomic mass is 10.1. The molecule has 2 aromatic carbocycles. The molecule has 0 aliphatic carbocycles. The maximum absolute atomic E-state index is 12.2. The van der Waals surface area contributed by atoms with Gasteiger partial charge in [-0.25, -0.2) is 23.5 Å². The van der Waals surface area contributed by atoms with Gasteiger partial charge in [0.25, 0.3) is 0 Å². The SMILES string of the molecule is Cc1ccc(S(N)(=O)=O)c(-c2cc(N[C@H](C)CO)nc(SCc3ccccc3)n2)c1Cl. The first-order chi connectivity index (χ1) is 14.7. The minimum absolute atomic E-state index is 0.0978. The Kier molecular flexibility index (Phi) is 7.55. The predicted molar refractivity (Wildman–Crippen MR) is 125 cm³/mol. The topological polar surface area (TPSA) is 118 Å². The lowest BCUT2D eigenvalue weighted by Crippen LogP contribution is -2.20. The second-order valence-electron chi connectivity index (χ2n) is 7.04. The Morgan fingerprint density at radius 1 is 1.19 bits per heavy atom. The van der Waals surface area contributed by atoms with Gasteiger partial charge in [0.15, 0.2) is 5.16 Å². The van der Waals surface area contributed by atoms with E-state index in [-0.39, 0.29) is 28.1 Å². The number of halogens is 1. The van der Waals surface area contributed by atoms with Crippen molar-refractivity contribution in [1.82, 2.24) is 9.97 Å². The summed E-state index contributed by atoms with van der Waals surface area (Å²) in [6.07, 6.45) is 0. The number of aromatic nitrogens is 2. The van der Waals surface area contributed by atoms with Crippen molar-refractivity contribution in [2.24, 2.45) is 5.14 Å². The summed E-state index contributed by atoms with van der Waals surface area (Å²) in [5, 5.41) is 18.6. The van der Waals surface area contributed by atoms with Crippen LogP contribution in [-0.4, -0.2) is 36.1 Å². The summed E-state index contributed by atoms with van der Waals surface area (Å²) in [5.74, 6) is 1.07. The first kappa shape index (κ1) is 23.5. The Bertz CT molecular complexity index is 1170. The fourth-order valence-corrected chi connectivity index (χ4v) is 4.73. The van der Waals surface area contributed by atoms with Crippen LogP contribution in [0.25, 0.3) is 11.3 Å². The van der Waals surface area contributed by atoms with Gasteiger partial charge in [0, 0.05) is 23.4 Å². The van der Waals surface area contributed by atoms with Gasteiger partial charge in [0.2, 0.25) is 10.0 Å².